The molecule has 4 heteroatoms. The fourth-order valence-electron chi connectivity index (χ4n) is 2.43. The summed E-state index contributed by atoms with van der Waals surface area (Å²) in [6.07, 6.45) is 1.17. The number of nitrogens with zero attached hydrogens (tertiary/aromatic N) is 2. The summed E-state index contributed by atoms with van der Waals surface area (Å²) in [7, 11) is 3.91. The van der Waals surface area contributed by atoms with Crippen LogP contribution in [0.2, 0.25) is 0 Å². The van der Waals surface area contributed by atoms with Crippen molar-refractivity contribution < 1.29 is 4.74 Å². The van der Waals surface area contributed by atoms with E-state index in [-0.39, 0.29) is 5.54 Å². The summed E-state index contributed by atoms with van der Waals surface area (Å²) in [5, 5.41) is 0. The standard InChI is InChI=1S/C12H27N3O/c1-11(2)15-6-5-12(9-13,10-15)14(3)7-8-16-4/h11H,5-10,13H2,1-4H3. The fraction of sp³-hybridized carbons (Fsp3) is 1.00. The van der Waals surface area contributed by atoms with Crippen LogP contribution in [-0.2, 0) is 4.74 Å². The summed E-state index contributed by atoms with van der Waals surface area (Å²) in [6, 6.07) is 0.615. The molecule has 96 valence electrons. The first-order valence-corrected chi connectivity index (χ1v) is 6.20. The first kappa shape index (κ1) is 13.9. The van der Waals surface area contributed by atoms with Crippen molar-refractivity contribution >= 4 is 0 Å². The topological polar surface area (TPSA) is 41.7 Å². The second-order valence-corrected chi connectivity index (χ2v) is 5.16. The van der Waals surface area contributed by atoms with E-state index in [9.17, 15) is 0 Å². The molecule has 16 heavy (non-hydrogen) atoms. The minimum absolute atomic E-state index is 0.156. The lowest BCUT2D eigenvalue weighted by Crippen LogP contribution is -2.55. The number of ether oxygens (including phenoxy) is 1. The summed E-state index contributed by atoms with van der Waals surface area (Å²) in [4.78, 5) is 4.88. The van der Waals surface area contributed by atoms with Gasteiger partial charge in [0.1, 0.15) is 0 Å². The van der Waals surface area contributed by atoms with E-state index in [4.69, 9.17) is 10.5 Å². The van der Waals surface area contributed by atoms with Crippen molar-refractivity contribution in [2.45, 2.75) is 31.8 Å². The van der Waals surface area contributed by atoms with Gasteiger partial charge < -0.3 is 10.5 Å². The molecule has 0 aromatic rings. The number of rotatable bonds is 6. The minimum Gasteiger partial charge on any atom is -0.383 e. The number of likely N-dealkylation sites (N-methyl/N-ethyl adjacent to an activating group) is 1. The van der Waals surface area contributed by atoms with Crippen molar-refractivity contribution in [2.24, 2.45) is 5.73 Å². The van der Waals surface area contributed by atoms with E-state index < -0.39 is 0 Å². The maximum Gasteiger partial charge on any atom is 0.0589 e. The van der Waals surface area contributed by atoms with E-state index >= 15 is 0 Å². The summed E-state index contributed by atoms with van der Waals surface area (Å²) in [5.74, 6) is 0. The molecule has 0 spiro atoms. The summed E-state index contributed by atoms with van der Waals surface area (Å²) >= 11 is 0. The molecule has 0 amide bonds. The molecule has 0 aromatic heterocycles. The molecular formula is C12H27N3O. The van der Waals surface area contributed by atoms with Crippen LogP contribution in [0.5, 0.6) is 0 Å². The van der Waals surface area contributed by atoms with Gasteiger partial charge in [0.25, 0.3) is 0 Å². The second kappa shape index (κ2) is 5.96. The first-order valence-electron chi connectivity index (χ1n) is 6.20. The second-order valence-electron chi connectivity index (χ2n) is 5.16. The molecule has 1 heterocycles. The van der Waals surface area contributed by atoms with Crippen LogP contribution < -0.4 is 5.73 Å². The van der Waals surface area contributed by atoms with Crippen LogP contribution in [0.1, 0.15) is 20.3 Å². The largest absolute Gasteiger partial charge is 0.383 e. The normalized spacial score (nSPS) is 27.2. The van der Waals surface area contributed by atoms with Crippen molar-refractivity contribution in [3.63, 3.8) is 0 Å². The average molecular weight is 229 g/mol. The molecule has 0 aromatic carbocycles. The molecule has 1 atom stereocenters. The van der Waals surface area contributed by atoms with E-state index in [2.05, 4.69) is 30.7 Å². The van der Waals surface area contributed by atoms with Crippen LogP contribution >= 0.6 is 0 Å². The number of nitrogens with two attached hydrogens (primary N) is 1. The average Bonchev–Trinajstić information content (AvgIpc) is 2.71. The molecule has 0 radical (unpaired) electrons. The molecule has 1 fully saturated rings. The maximum atomic E-state index is 5.99. The predicted octanol–water partition coefficient (Wildman–Crippen LogP) is 0.376. The Kier molecular flexibility index (Phi) is 5.18. The van der Waals surface area contributed by atoms with Gasteiger partial charge >= 0.3 is 0 Å². The van der Waals surface area contributed by atoms with E-state index in [1.54, 1.807) is 7.11 Å². The van der Waals surface area contributed by atoms with Crippen molar-refractivity contribution in [1.82, 2.24) is 9.80 Å². The van der Waals surface area contributed by atoms with Gasteiger partial charge in [-0.3, -0.25) is 9.80 Å². The summed E-state index contributed by atoms with van der Waals surface area (Å²) in [5.41, 5.74) is 6.15. The highest BCUT2D eigenvalue weighted by atomic mass is 16.5. The van der Waals surface area contributed by atoms with Gasteiger partial charge in [-0.05, 0) is 27.3 Å². The molecular weight excluding hydrogens is 202 g/mol. The Morgan fingerprint density at radius 2 is 2.19 bits per heavy atom. The molecule has 0 bridgehead atoms. The lowest BCUT2D eigenvalue weighted by molar-refractivity contribution is 0.0839. The molecule has 0 aliphatic carbocycles. The number of hydrogen-bond acceptors (Lipinski definition) is 4. The smallest absolute Gasteiger partial charge is 0.0589 e. The van der Waals surface area contributed by atoms with E-state index in [0.29, 0.717) is 6.04 Å². The zero-order valence-corrected chi connectivity index (χ0v) is 11.2. The Balaban J connectivity index is 2.58. The minimum atomic E-state index is 0.156. The Labute approximate surface area is 99.7 Å². The first-order chi connectivity index (χ1) is 7.55. The molecule has 1 aliphatic rings. The quantitative estimate of drug-likeness (QED) is 0.715. The van der Waals surface area contributed by atoms with E-state index in [0.717, 1.165) is 32.8 Å². The maximum absolute atomic E-state index is 5.99. The monoisotopic (exact) mass is 229 g/mol. The number of likely N-dealkylation sites (tertiary alicyclic amines) is 1. The molecule has 4 nitrogen and oxygen atoms in total. The predicted molar refractivity (Wildman–Crippen MR) is 67.6 cm³/mol. The highest BCUT2D eigenvalue weighted by Crippen LogP contribution is 2.27. The zero-order chi connectivity index (χ0) is 12.2. The lowest BCUT2D eigenvalue weighted by atomic mass is 9.97. The molecule has 1 rings (SSSR count). The van der Waals surface area contributed by atoms with Gasteiger partial charge in [0.05, 0.1) is 6.61 Å². The third-order valence-electron chi connectivity index (χ3n) is 3.91. The highest BCUT2D eigenvalue weighted by Gasteiger charge is 2.40. The molecule has 2 N–H and O–H groups in total. The summed E-state index contributed by atoms with van der Waals surface area (Å²) < 4.78 is 5.14. The fourth-order valence-corrected chi connectivity index (χ4v) is 2.43. The van der Waals surface area contributed by atoms with Gasteiger partial charge in [0, 0.05) is 44.9 Å². The third kappa shape index (κ3) is 2.94. The lowest BCUT2D eigenvalue weighted by Gasteiger charge is -2.38. The van der Waals surface area contributed by atoms with Gasteiger partial charge in [-0.2, -0.15) is 0 Å². The van der Waals surface area contributed by atoms with E-state index in [1.165, 1.54) is 6.42 Å². The Bertz CT molecular complexity index is 210. The molecule has 1 saturated heterocycles. The summed E-state index contributed by atoms with van der Waals surface area (Å²) in [6.45, 7) is 9.22. The van der Waals surface area contributed by atoms with Gasteiger partial charge in [0.15, 0.2) is 0 Å². The Morgan fingerprint density at radius 1 is 1.50 bits per heavy atom. The van der Waals surface area contributed by atoms with Crippen molar-refractivity contribution in [3.8, 4) is 0 Å². The van der Waals surface area contributed by atoms with Gasteiger partial charge in [-0.25, -0.2) is 0 Å². The molecule has 1 aliphatic heterocycles. The number of hydrogen-bond donors (Lipinski definition) is 1. The van der Waals surface area contributed by atoms with Crippen molar-refractivity contribution in [1.29, 1.82) is 0 Å². The number of methoxy groups -OCH3 is 1. The molecule has 0 saturated carbocycles. The van der Waals surface area contributed by atoms with Crippen LogP contribution in [0.3, 0.4) is 0 Å². The molecule has 1 unspecified atom stereocenters. The Morgan fingerprint density at radius 3 is 2.62 bits per heavy atom. The van der Waals surface area contributed by atoms with Gasteiger partial charge in [-0.1, -0.05) is 0 Å². The Hall–Kier alpha value is -0.160. The van der Waals surface area contributed by atoms with Gasteiger partial charge in [0.2, 0.25) is 0 Å². The zero-order valence-electron chi connectivity index (χ0n) is 11.2. The van der Waals surface area contributed by atoms with Gasteiger partial charge in [-0.15, -0.1) is 0 Å². The van der Waals surface area contributed by atoms with Crippen LogP contribution in [0.4, 0.5) is 0 Å². The highest BCUT2D eigenvalue weighted by molar-refractivity contribution is 4.99. The van der Waals surface area contributed by atoms with Crippen LogP contribution in [0, 0.1) is 0 Å². The third-order valence-corrected chi connectivity index (χ3v) is 3.91. The van der Waals surface area contributed by atoms with Crippen molar-refractivity contribution in [3.05, 3.63) is 0 Å². The van der Waals surface area contributed by atoms with E-state index in [1.807, 2.05) is 0 Å². The van der Waals surface area contributed by atoms with Crippen molar-refractivity contribution in [2.75, 3.05) is 46.9 Å². The van der Waals surface area contributed by atoms with Crippen LogP contribution in [0.15, 0.2) is 0 Å². The van der Waals surface area contributed by atoms with Crippen LogP contribution in [-0.4, -0.2) is 68.3 Å². The van der Waals surface area contributed by atoms with Crippen LogP contribution in [0.25, 0.3) is 0 Å². The SMILES string of the molecule is COCCN(C)C1(CN)CCN(C(C)C)C1.